The van der Waals surface area contributed by atoms with Gasteiger partial charge in [0.1, 0.15) is 5.82 Å². The highest BCUT2D eigenvalue weighted by molar-refractivity contribution is 7.92. The Balaban J connectivity index is 2.11. The van der Waals surface area contributed by atoms with Gasteiger partial charge in [-0.15, -0.1) is 4.99 Å². The van der Waals surface area contributed by atoms with Crippen LogP contribution in [0.5, 0.6) is 0 Å². The molecule has 0 aliphatic rings. The number of hydrogen-bond acceptors (Lipinski definition) is 5. The minimum atomic E-state index is -3.38. The van der Waals surface area contributed by atoms with Crippen molar-refractivity contribution < 1.29 is 8.42 Å². The second-order valence-electron chi connectivity index (χ2n) is 5.51. The van der Waals surface area contributed by atoms with Crippen LogP contribution in [0.3, 0.4) is 0 Å². The molecule has 0 saturated heterocycles. The molecule has 1 aromatic carbocycles. The van der Waals surface area contributed by atoms with Crippen LogP contribution in [0.1, 0.15) is 24.9 Å². The largest absolute Gasteiger partial charge is 0.348 e. The van der Waals surface area contributed by atoms with Gasteiger partial charge in [0.05, 0.1) is 24.2 Å². The van der Waals surface area contributed by atoms with E-state index in [2.05, 4.69) is 25.3 Å². The molecule has 1 aromatic heterocycles. The topological polar surface area (TPSA) is 119 Å². The van der Waals surface area contributed by atoms with Gasteiger partial charge in [-0.25, -0.2) is 13.4 Å². The third kappa shape index (κ3) is 6.07. The summed E-state index contributed by atoms with van der Waals surface area (Å²) in [6.45, 7) is 2.03. The Morgan fingerprint density at radius 2 is 2.00 bits per heavy atom. The molecule has 0 unspecified atom stereocenters. The van der Waals surface area contributed by atoms with Crippen molar-refractivity contribution in [3.8, 4) is 6.19 Å². The summed E-state index contributed by atoms with van der Waals surface area (Å²) in [7, 11) is -3.38. The van der Waals surface area contributed by atoms with Crippen molar-refractivity contribution in [3.63, 3.8) is 0 Å². The first-order valence-electron chi connectivity index (χ1n) is 7.90. The number of pyridine rings is 1. The molecule has 0 saturated carbocycles. The van der Waals surface area contributed by atoms with Crippen molar-refractivity contribution in [3.05, 3.63) is 54.2 Å². The Hall–Kier alpha value is -3.12. The van der Waals surface area contributed by atoms with Crippen molar-refractivity contribution in [1.29, 1.82) is 5.26 Å². The number of hydrogen-bond donors (Lipinski definition) is 3. The summed E-state index contributed by atoms with van der Waals surface area (Å²) in [5.41, 5.74) is 1.64. The van der Waals surface area contributed by atoms with Crippen LogP contribution in [0, 0.1) is 11.5 Å². The first kappa shape index (κ1) is 19.2. The molecule has 2 rings (SSSR count). The molecule has 1 atom stereocenters. The molecule has 0 amide bonds. The summed E-state index contributed by atoms with van der Waals surface area (Å²) < 4.78 is 24.7. The summed E-state index contributed by atoms with van der Waals surface area (Å²) >= 11 is 0. The van der Waals surface area contributed by atoms with Gasteiger partial charge >= 0.3 is 0 Å². The van der Waals surface area contributed by atoms with Crippen LogP contribution in [-0.4, -0.2) is 25.6 Å². The molecule has 26 heavy (non-hydrogen) atoms. The summed E-state index contributed by atoms with van der Waals surface area (Å²) in [5, 5.41) is 15.1. The molecule has 8 nitrogen and oxygen atoms in total. The van der Waals surface area contributed by atoms with E-state index < -0.39 is 10.0 Å². The number of sulfonamides is 1. The van der Waals surface area contributed by atoms with E-state index in [1.54, 1.807) is 12.3 Å². The minimum Gasteiger partial charge on any atom is -0.348 e. The predicted molar refractivity (Wildman–Crippen MR) is 102 cm³/mol. The zero-order valence-electron chi connectivity index (χ0n) is 14.5. The second-order valence-corrected chi connectivity index (χ2v) is 7.26. The standard InChI is InChI=1S/C17H20N6O2S/c1-3-15(13-7-5-4-6-8-13)22-17(20-12-18)21-14-9-10-16(19-11-14)23-26(2,24)25/h4-11,15H,3H2,1-2H3,(H,19,23)(H2,20,21,22)/t15-/m1/s1. The third-order valence-electron chi connectivity index (χ3n) is 3.40. The maximum atomic E-state index is 11.2. The normalized spacial score (nSPS) is 12.7. The van der Waals surface area contributed by atoms with E-state index in [1.807, 2.05) is 37.3 Å². The van der Waals surface area contributed by atoms with Crippen LogP contribution < -0.4 is 15.4 Å². The lowest BCUT2D eigenvalue weighted by Gasteiger charge is -2.20. The number of guanidine groups is 1. The number of nitriles is 1. The molecule has 136 valence electrons. The van der Waals surface area contributed by atoms with Crippen LogP contribution in [0.25, 0.3) is 0 Å². The molecule has 1 heterocycles. The summed E-state index contributed by atoms with van der Waals surface area (Å²) in [6, 6.07) is 13.0. The summed E-state index contributed by atoms with van der Waals surface area (Å²) in [6.07, 6.45) is 5.06. The minimum absolute atomic E-state index is 0.0186. The van der Waals surface area contributed by atoms with E-state index in [4.69, 9.17) is 5.26 Å². The molecular weight excluding hydrogens is 352 g/mol. The Bertz CT molecular complexity index is 889. The number of rotatable bonds is 6. The van der Waals surface area contributed by atoms with Gasteiger partial charge in [-0.05, 0) is 24.1 Å². The fourth-order valence-corrected chi connectivity index (χ4v) is 2.77. The number of nitrogens with zero attached hydrogens (tertiary/aromatic N) is 3. The average molecular weight is 372 g/mol. The van der Waals surface area contributed by atoms with Crippen molar-refractivity contribution in [2.24, 2.45) is 4.99 Å². The van der Waals surface area contributed by atoms with Crippen LogP contribution in [0.4, 0.5) is 11.5 Å². The second kappa shape index (κ2) is 8.82. The highest BCUT2D eigenvalue weighted by atomic mass is 32.2. The van der Waals surface area contributed by atoms with Crippen LogP contribution >= 0.6 is 0 Å². The van der Waals surface area contributed by atoms with Crippen LogP contribution in [0.15, 0.2) is 53.7 Å². The monoisotopic (exact) mass is 372 g/mol. The maximum Gasteiger partial charge on any atom is 0.230 e. The van der Waals surface area contributed by atoms with Gasteiger partial charge in [0.25, 0.3) is 0 Å². The quantitative estimate of drug-likeness (QED) is 0.407. The molecule has 0 spiro atoms. The number of benzene rings is 1. The highest BCUT2D eigenvalue weighted by Crippen LogP contribution is 2.17. The number of nitrogens with one attached hydrogen (secondary N) is 3. The van der Waals surface area contributed by atoms with Gasteiger partial charge in [-0.1, -0.05) is 37.3 Å². The Kier molecular flexibility index (Phi) is 6.52. The van der Waals surface area contributed by atoms with Crippen molar-refractivity contribution in [1.82, 2.24) is 10.3 Å². The number of aromatic nitrogens is 1. The molecule has 3 N–H and O–H groups in total. The van der Waals surface area contributed by atoms with E-state index in [1.165, 1.54) is 12.3 Å². The molecule has 0 aliphatic carbocycles. The van der Waals surface area contributed by atoms with E-state index in [0.717, 1.165) is 18.2 Å². The average Bonchev–Trinajstić information content (AvgIpc) is 2.61. The van der Waals surface area contributed by atoms with E-state index >= 15 is 0 Å². The molecule has 0 bridgehead atoms. The Labute approximate surface area is 153 Å². The lowest BCUT2D eigenvalue weighted by atomic mass is 10.1. The SMILES string of the molecule is CC[C@@H](N/C(=N\C#N)Nc1ccc(NS(C)(=O)=O)nc1)c1ccccc1. The predicted octanol–water partition coefficient (Wildman–Crippen LogP) is 2.44. The summed E-state index contributed by atoms with van der Waals surface area (Å²) in [4.78, 5) is 7.79. The first-order valence-corrected chi connectivity index (χ1v) is 9.79. The smallest absolute Gasteiger partial charge is 0.230 e. The van der Waals surface area contributed by atoms with Gasteiger partial charge in [0, 0.05) is 0 Å². The third-order valence-corrected chi connectivity index (χ3v) is 3.98. The van der Waals surface area contributed by atoms with E-state index in [0.29, 0.717) is 5.69 Å². The van der Waals surface area contributed by atoms with Gasteiger partial charge in [-0.3, -0.25) is 4.72 Å². The Morgan fingerprint density at radius 3 is 2.54 bits per heavy atom. The maximum absolute atomic E-state index is 11.2. The first-order chi connectivity index (χ1) is 12.4. The zero-order chi connectivity index (χ0) is 19.0. The van der Waals surface area contributed by atoms with Gasteiger partial charge in [0.2, 0.25) is 22.2 Å². The fourth-order valence-electron chi connectivity index (χ4n) is 2.27. The molecule has 0 radical (unpaired) electrons. The Morgan fingerprint density at radius 1 is 1.27 bits per heavy atom. The lowest BCUT2D eigenvalue weighted by Crippen LogP contribution is -2.33. The molecule has 2 aromatic rings. The van der Waals surface area contributed by atoms with Crippen molar-refractivity contribution in [2.75, 3.05) is 16.3 Å². The van der Waals surface area contributed by atoms with Gasteiger partial charge in [0.15, 0.2) is 0 Å². The van der Waals surface area contributed by atoms with E-state index in [9.17, 15) is 8.42 Å². The van der Waals surface area contributed by atoms with Crippen molar-refractivity contribution >= 4 is 27.5 Å². The number of anilines is 2. The van der Waals surface area contributed by atoms with E-state index in [-0.39, 0.29) is 17.8 Å². The van der Waals surface area contributed by atoms with Crippen LogP contribution in [-0.2, 0) is 10.0 Å². The lowest BCUT2D eigenvalue weighted by molar-refractivity contribution is 0.606. The van der Waals surface area contributed by atoms with Gasteiger partial charge < -0.3 is 10.6 Å². The van der Waals surface area contributed by atoms with Crippen LogP contribution in [0.2, 0.25) is 0 Å². The molecule has 0 aliphatic heterocycles. The van der Waals surface area contributed by atoms with Gasteiger partial charge in [-0.2, -0.15) is 5.26 Å². The van der Waals surface area contributed by atoms with Crippen molar-refractivity contribution in [2.45, 2.75) is 19.4 Å². The highest BCUT2D eigenvalue weighted by Gasteiger charge is 2.12. The summed E-state index contributed by atoms with van der Waals surface area (Å²) in [5.74, 6) is 0.495. The molecular formula is C17H20N6O2S. The molecule has 0 fully saturated rings. The fraction of sp³-hybridized carbons (Fsp3) is 0.235. The zero-order valence-corrected chi connectivity index (χ0v) is 15.3. The molecule has 9 heteroatoms. The number of aliphatic imine (C=N–C) groups is 1.